The van der Waals surface area contributed by atoms with E-state index < -0.39 is 72.1 Å². The summed E-state index contributed by atoms with van der Waals surface area (Å²) in [7, 11) is -12.9. The molecule has 0 amide bonds. The van der Waals surface area contributed by atoms with Crippen molar-refractivity contribution in [2.24, 2.45) is 0 Å². The van der Waals surface area contributed by atoms with Gasteiger partial charge in [0, 0.05) is 0 Å². The Morgan fingerprint density at radius 3 is 0.541 bits per heavy atom. The van der Waals surface area contributed by atoms with Gasteiger partial charge < -0.3 is 0 Å². The van der Waals surface area contributed by atoms with E-state index in [9.17, 15) is 0 Å². The Bertz CT molecular complexity index is 5160. The van der Waals surface area contributed by atoms with Crippen molar-refractivity contribution in [1.82, 2.24) is 0 Å². The molecule has 0 radical (unpaired) electrons. The van der Waals surface area contributed by atoms with E-state index in [1.54, 1.807) is 21.2 Å². The van der Waals surface area contributed by atoms with E-state index in [0.717, 1.165) is 0 Å². The van der Waals surface area contributed by atoms with Crippen LogP contribution < -0.4 is 42.4 Å². The van der Waals surface area contributed by atoms with Crippen LogP contribution in [0.5, 0.6) is 0 Å². The molecule has 0 aliphatic carbocycles. The first kappa shape index (κ1) is 75.4. The quantitative estimate of drug-likeness (QED) is 0.0260. The number of rotatable bonds is 28. The van der Waals surface area contributed by atoms with Crippen LogP contribution in [0.15, 0.2) is 340 Å². The minimum Gasteiger partial charge on any atom is -0.0691 e. The zero-order valence-corrected chi connectivity index (χ0v) is 73.7. The molecule has 4 unspecified atom stereocenters. The molecule has 9 heteroatoms. The fourth-order valence-electron chi connectivity index (χ4n) is 17.9. The van der Waals surface area contributed by atoms with Crippen LogP contribution in [0.25, 0.3) is 86.2 Å². The maximum absolute atomic E-state index is 2.85. The fraction of sp³-hybridized carbons (Fsp3) is 0.200. The lowest BCUT2D eigenvalue weighted by molar-refractivity contribution is 1.06. The van der Waals surface area contributed by atoms with Crippen LogP contribution in [0.1, 0.15) is 0 Å². The predicted molar refractivity (Wildman–Crippen MR) is 510 cm³/mol. The van der Waals surface area contributed by atoms with Crippen molar-refractivity contribution in [2.75, 3.05) is 23.1 Å². The standard InChI is InChI=1S/C100H104P4Si5/c1-105(2,73-101(81-41-13-9-14-42-81)97-69-77-37-21-25-49-85(77)89-53-29-33-57-93(89)97)61-65-109(66-62-106(3,4)74-102(82-43-15-10-16-44-82)98-70-78-38-22-26-50-86(78)90-54-30-34-58-94(90)98,67-63-107(5,6)75-103(83-45-17-11-18-46-83)99-71-79-39-23-27-51-87(79)91-55-31-35-59-95(91)99)68-64-108(7,8)76-104(84-47-19-12-20-48-84)100-72-80-40-24-28-52-88(80)92-56-32-36-60-96(92)100/h9-60,69-72H,61-68,73-76H2,1-8H3. The Hall–Kier alpha value is -7.60. The second-order valence-electron chi connectivity index (χ2n) is 34.5. The van der Waals surface area contributed by atoms with Crippen LogP contribution in [-0.4, -0.2) is 63.5 Å². The van der Waals surface area contributed by atoms with Crippen LogP contribution >= 0.6 is 31.7 Å². The van der Waals surface area contributed by atoms with Crippen molar-refractivity contribution in [3.63, 3.8) is 0 Å². The molecule has 544 valence electrons. The van der Waals surface area contributed by atoms with Gasteiger partial charge in [0.1, 0.15) is 0 Å². The Morgan fingerprint density at radius 1 is 0.174 bits per heavy atom. The summed E-state index contributed by atoms with van der Waals surface area (Å²) in [4.78, 5) is 0. The van der Waals surface area contributed by atoms with Crippen molar-refractivity contribution >= 4 is 201 Å². The van der Waals surface area contributed by atoms with E-state index >= 15 is 0 Å². The van der Waals surface area contributed by atoms with Gasteiger partial charge in [-0.15, -0.1) is 0 Å². The van der Waals surface area contributed by atoms with E-state index in [1.807, 2.05) is 0 Å². The second kappa shape index (κ2) is 32.6. The van der Waals surface area contributed by atoms with Crippen LogP contribution in [0.2, 0.25) is 101 Å². The summed E-state index contributed by atoms with van der Waals surface area (Å²) in [6, 6.07) is 144. The molecule has 0 aromatic heterocycles. The first-order chi connectivity index (χ1) is 52.9. The molecule has 16 rings (SSSR count). The van der Waals surface area contributed by atoms with E-state index in [1.165, 1.54) is 179 Å². The maximum atomic E-state index is 2.85. The average molecular weight is 1570 g/mol. The van der Waals surface area contributed by atoms with E-state index in [2.05, 4.69) is 392 Å². The number of fused-ring (bicyclic) bond motifs is 12. The van der Waals surface area contributed by atoms with Gasteiger partial charge in [-0.1, -0.05) is 416 Å². The van der Waals surface area contributed by atoms with Crippen LogP contribution in [0.4, 0.5) is 0 Å². The molecule has 0 N–H and O–H groups in total. The summed E-state index contributed by atoms with van der Waals surface area (Å²) in [5.41, 5.74) is 0. The van der Waals surface area contributed by atoms with Crippen molar-refractivity contribution in [3.8, 4) is 0 Å². The first-order valence-corrected chi connectivity index (χ1v) is 62.5. The lowest BCUT2D eigenvalue weighted by Gasteiger charge is -2.42. The molecule has 109 heavy (non-hydrogen) atoms. The van der Waals surface area contributed by atoms with Crippen LogP contribution in [-0.2, 0) is 0 Å². The number of hydrogen-bond acceptors (Lipinski definition) is 0. The Morgan fingerprint density at radius 2 is 0.339 bits per heavy atom. The highest BCUT2D eigenvalue weighted by Crippen LogP contribution is 2.51. The predicted octanol–water partition coefficient (Wildman–Crippen LogP) is 26.2. The summed E-state index contributed by atoms with van der Waals surface area (Å²) in [6.07, 6.45) is 0. The van der Waals surface area contributed by atoms with Gasteiger partial charge in [-0.3, -0.25) is 0 Å². The average Bonchev–Trinajstić information content (AvgIpc) is 0.774. The minimum absolute atomic E-state index is 0.670. The maximum Gasteiger partial charge on any atom is 0.0524 e. The molecule has 0 aliphatic heterocycles. The number of hydrogen-bond donors (Lipinski definition) is 0. The first-order valence-electron chi connectivity index (χ1n) is 39.9. The Labute approximate surface area is 658 Å². The monoisotopic (exact) mass is 1570 g/mol. The fourth-order valence-corrected chi connectivity index (χ4v) is 67.0. The highest BCUT2D eigenvalue weighted by Gasteiger charge is 2.43. The largest absolute Gasteiger partial charge is 0.0691 e. The van der Waals surface area contributed by atoms with Crippen molar-refractivity contribution in [1.29, 1.82) is 0 Å². The lowest BCUT2D eigenvalue weighted by Crippen LogP contribution is -2.46. The highest BCUT2D eigenvalue weighted by atomic mass is 31.1. The molecule has 16 aromatic rings. The molecular formula is C100H104P4Si5. The SMILES string of the molecule is C[Si](C)(CC[Si](CC[Si](C)(C)CP(c1ccccc1)c1cc2ccccc2c2ccccc12)(CC[Si](C)(C)CP(c1ccccc1)c1cc2ccccc2c2ccccc12)CC[Si](C)(C)CP(c1ccccc1)c1cc2ccccc2c2ccccc12)CP(c1ccccc1)c1cc2ccccc2c2ccccc12. The van der Waals surface area contributed by atoms with Crippen molar-refractivity contribution in [2.45, 2.75) is 101 Å². The third-order valence-corrected chi connectivity index (χ3v) is 64.0. The molecular weight excluding hydrogens is 1470 g/mol. The summed E-state index contributed by atoms with van der Waals surface area (Å²) >= 11 is 0. The Balaban J connectivity index is 0.819. The third-order valence-electron chi connectivity index (χ3n) is 24.1. The van der Waals surface area contributed by atoms with Crippen molar-refractivity contribution in [3.05, 3.63) is 340 Å². The third kappa shape index (κ3) is 16.8. The Kier molecular flexibility index (Phi) is 22.6. The van der Waals surface area contributed by atoms with Gasteiger partial charge in [-0.25, -0.2) is 0 Å². The molecule has 0 saturated heterocycles. The molecule has 16 aromatic carbocycles. The van der Waals surface area contributed by atoms with Crippen LogP contribution in [0, 0.1) is 0 Å². The molecule has 0 nitrogen and oxygen atoms in total. The number of benzene rings is 16. The summed E-state index contributed by atoms with van der Waals surface area (Å²) in [6.45, 7) is 22.8. The lowest BCUT2D eigenvalue weighted by atomic mass is 10.0. The minimum atomic E-state index is -2.23. The van der Waals surface area contributed by atoms with E-state index in [0.29, 0.717) is 0 Å². The van der Waals surface area contributed by atoms with E-state index in [-0.39, 0.29) is 0 Å². The highest BCUT2D eigenvalue weighted by molar-refractivity contribution is 7.77. The normalized spacial score (nSPS) is 14.2. The summed E-state index contributed by atoms with van der Waals surface area (Å²) in [5, 5.41) is 34.8. The zero-order chi connectivity index (χ0) is 74.7. The topological polar surface area (TPSA) is 0 Å². The smallest absolute Gasteiger partial charge is 0.0524 e. The molecule has 0 bridgehead atoms. The molecule has 0 saturated carbocycles. The molecule has 0 heterocycles. The zero-order valence-electron chi connectivity index (χ0n) is 65.1. The molecule has 4 atom stereocenters. The van der Waals surface area contributed by atoms with Gasteiger partial charge in [0.25, 0.3) is 0 Å². The summed E-state index contributed by atoms with van der Waals surface area (Å²) < 4.78 is 0. The molecule has 0 fully saturated rings. The van der Waals surface area contributed by atoms with Gasteiger partial charge in [-0.2, -0.15) is 0 Å². The van der Waals surface area contributed by atoms with Crippen molar-refractivity contribution < 1.29 is 0 Å². The van der Waals surface area contributed by atoms with Gasteiger partial charge >= 0.3 is 0 Å². The van der Waals surface area contributed by atoms with Gasteiger partial charge in [-0.05, 0) is 208 Å². The molecule has 0 aliphatic rings. The van der Waals surface area contributed by atoms with Gasteiger partial charge in [0.15, 0.2) is 0 Å². The van der Waals surface area contributed by atoms with Gasteiger partial charge in [0.05, 0.1) is 40.4 Å². The second-order valence-corrected chi connectivity index (χ2v) is 71.3. The summed E-state index contributed by atoms with van der Waals surface area (Å²) in [5.74, 6) is 5.18. The van der Waals surface area contributed by atoms with E-state index in [4.69, 9.17) is 0 Å². The van der Waals surface area contributed by atoms with Crippen LogP contribution in [0.3, 0.4) is 0 Å². The van der Waals surface area contributed by atoms with Gasteiger partial charge in [0.2, 0.25) is 0 Å². The molecule has 0 spiro atoms.